The Morgan fingerprint density at radius 2 is 1.74 bits per heavy atom. The van der Waals surface area contributed by atoms with Crippen LogP contribution < -0.4 is 0 Å². The summed E-state index contributed by atoms with van der Waals surface area (Å²) in [6.45, 7) is -8.15. The molecule has 6 heteroatoms. The van der Waals surface area contributed by atoms with Crippen molar-refractivity contribution < 1.29 is 18.1 Å². The van der Waals surface area contributed by atoms with Crippen LogP contribution in [0, 0.1) is 0 Å². The summed E-state index contributed by atoms with van der Waals surface area (Å²) in [5.41, 5.74) is 1.85. The molecule has 2 heterocycles. The summed E-state index contributed by atoms with van der Waals surface area (Å²) in [6, 6.07) is 15.9. The quantitative estimate of drug-likeness (QED) is 0.852. The number of aliphatic hydroxyl groups is 1. The molecule has 2 aromatic carbocycles. The van der Waals surface area contributed by atoms with Gasteiger partial charge in [0.25, 0.3) is 0 Å². The lowest BCUT2D eigenvalue weighted by atomic mass is 10.1. The number of ether oxygens (including phenoxy) is 1. The Morgan fingerprint density at radius 3 is 2.56 bits per heavy atom. The van der Waals surface area contributed by atoms with Crippen molar-refractivity contribution in [2.24, 2.45) is 4.99 Å². The summed E-state index contributed by atoms with van der Waals surface area (Å²) in [5, 5.41) is 9.06. The van der Waals surface area contributed by atoms with Gasteiger partial charge in [0, 0.05) is 50.8 Å². The first-order valence-corrected chi connectivity index (χ1v) is 9.62. The van der Waals surface area contributed by atoms with Gasteiger partial charge in [0.2, 0.25) is 0 Å². The fraction of sp³-hybridized carbons (Fsp3) is 0.381. The Balaban J connectivity index is 1.56. The highest BCUT2D eigenvalue weighted by Crippen LogP contribution is 2.40. The second kappa shape index (κ2) is 8.89. The zero-order valence-electron chi connectivity index (χ0n) is 20.8. The third kappa shape index (κ3) is 4.35. The molecule has 27 heavy (non-hydrogen) atoms. The van der Waals surface area contributed by atoms with E-state index in [2.05, 4.69) is 4.90 Å². The molecule has 5 nitrogen and oxygen atoms in total. The van der Waals surface area contributed by atoms with E-state index in [1.807, 2.05) is 48.5 Å². The monoisotopic (exact) mass is 389 g/mol. The van der Waals surface area contributed by atoms with Gasteiger partial charge in [-0.2, -0.15) is 0 Å². The Bertz CT molecular complexity index is 1040. The minimum atomic E-state index is -2.97. The molecule has 0 aromatic heterocycles. The number of aliphatic imine (C=N–C) groups is 1. The summed E-state index contributed by atoms with van der Waals surface area (Å²) in [5.74, 6) is 0.791. The molecule has 0 bridgehead atoms. The fourth-order valence-corrected chi connectivity index (χ4v) is 4.11. The zero-order valence-corrected chi connectivity index (χ0v) is 15.6. The smallest absolute Gasteiger partial charge is 0.137 e. The molecule has 1 saturated heterocycles. The van der Waals surface area contributed by atoms with Gasteiger partial charge in [0.05, 0.1) is 30.9 Å². The highest BCUT2D eigenvalue weighted by Gasteiger charge is 2.24. The molecule has 0 spiro atoms. The molecule has 0 radical (unpaired) electrons. The van der Waals surface area contributed by atoms with Crippen molar-refractivity contribution in [2.75, 3.05) is 52.4 Å². The van der Waals surface area contributed by atoms with Crippen LogP contribution in [0.15, 0.2) is 63.3 Å². The topological polar surface area (TPSA) is 48.3 Å². The molecule has 0 aliphatic carbocycles. The van der Waals surface area contributed by atoms with Gasteiger partial charge in [-0.1, -0.05) is 42.1 Å². The summed E-state index contributed by atoms with van der Waals surface area (Å²) in [7, 11) is 0. The number of hydrogen-bond acceptors (Lipinski definition) is 6. The number of rotatable bonds is 5. The summed E-state index contributed by atoms with van der Waals surface area (Å²) in [6.07, 6.45) is 0. The maximum Gasteiger partial charge on any atom is 0.137 e. The fourth-order valence-electron chi connectivity index (χ4n) is 3.10. The Morgan fingerprint density at radius 1 is 1.00 bits per heavy atom. The van der Waals surface area contributed by atoms with E-state index in [0.29, 0.717) is 13.1 Å². The summed E-state index contributed by atoms with van der Waals surface area (Å²) >= 11 is 1.65. The maximum absolute atomic E-state index is 9.06. The first-order valence-electron chi connectivity index (χ1n) is 11.8. The molecule has 0 unspecified atom stereocenters. The Labute approximate surface area is 173 Å². The van der Waals surface area contributed by atoms with Gasteiger partial charge in [0.1, 0.15) is 5.84 Å². The minimum absolute atomic E-state index is 0.188. The molecule has 2 aliphatic rings. The summed E-state index contributed by atoms with van der Waals surface area (Å²) in [4.78, 5) is 10.4. The predicted octanol–water partition coefficient (Wildman–Crippen LogP) is 2.86. The van der Waals surface area contributed by atoms with Gasteiger partial charge in [-0.3, -0.25) is 4.90 Å². The van der Waals surface area contributed by atoms with Crippen molar-refractivity contribution in [3.63, 3.8) is 0 Å². The number of para-hydroxylation sites is 1. The van der Waals surface area contributed by atoms with Gasteiger partial charge in [-0.15, -0.1) is 0 Å². The number of benzene rings is 2. The van der Waals surface area contributed by atoms with E-state index in [1.54, 1.807) is 11.8 Å². The third-order valence-corrected chi connectivity index (χ3v) is 5.55. The van der Waals surface area contributed by atoms with Crippen molar-refractivity contribution in [2.45, 2.75) is 9.79 Å². The molecule has 0 atom stereocenters. The molecule has 2 aliphatic heterocycles. The largest absolute Gasteiger partial charge is 0.394 e. The molecule has 4 rings (SSSR count). The van der Waals surface area contributed by atoms with Crippen LogP contribution in [-0.4, -0.2) is 73.1 Å². The average Bonchev–Trinajstić information content (AvgIpc) is 2.95. The van der Waals surface area contributed by atoms with Gasteiger partial charge in [-0.25, -0.2) is 4.99 Å². The van der Waals surface area contributed by atoms with Gasteiger partial charge in [-0.05, 0) is 18.2 Å². The van der Waals surface area contributed by atoms with Gasteiger partial charge < -0.3 is 14.7 Å². The van der Waals surface area contributed by atoms with Crippen LogP contribution in [0.2, 0.25) is 0 Å². The molecule has 1 N–H and O–H groups in total. The molecular formula is C21H25N3O2S. The lowest BCUT2D eigenvalue weighted by Crippen LogP contribution is -2.49. The normalized spacial score (nSPS) is 22.0. The maximum atomic E-state index is 9.06. The van der Waals surface area contributed by atoms with E-state index in [4.69, 9.17) is 23.1 Å². The molecule has 0 amide bonds. The van der Waals surface area contributed by atoms with Crippen molar-refractivity contribution in [1.29, 1.82) is 0 Å². The van der Waals surface area contributed by atoms with E-state index in [-0.39, 0.29) is 13.1 Å². The van der Waals surface area contributed by atoms with E-state index in [9.17, 15) is 0 Å². The first kappa shape index (κ1) is 12.6. The van der Waals surface area contributed by atoms with E-state index in [1.165, 1.54) is 4.90 Å². The molecule has 1 fully saturated rings. The highest BCUT2D eigenvalue weighted by molar-refractivity contribution is 7.99. The van der Waals surface area contributed by atoms with E-state index in [0.717, 1.165) is 26.9 Å². The number of amidine groups is 1. The van der Waals surface area contributed by atoms with Crippen LogP contribution in [0.25, 0.3) is 0 Å². The van der Waals surface area contributed by atoms with Crippen LogP contribution in [0.4, 0.5) is 5.69 Å². The molecular weight excluding hydrogens is 358 g/mol. The van der Waals surface area contributed by atoms with Crippen LogP contribution in [0.3, 0.4) is 0 Å². The van der Waals surface area contributed by atoms with Crippen molar-refractivity contribution in [3.8, 4) is 0 Å². The zero-order chi connectivity index (χ0) is 23.9. The van der Waals surface area contributed by atoms with Gasteiger partial charge >= 0.3 is 0 Å². The van der Waals surface area contributed by atoms with Gasteiger partial charge in [0.15, 0.2) is 0 Å². The highest BCUT2D eigenvalue weighted by atomic mass is 32.2. The van der Waals surface area contributed by atoms with Crippen LogP contribution in [-0.2, 0) is 4.74 Å². The second-order valence-electron chi connectivity index (χ2n) is 6.09. The number of nitrogens with zero attached hydrogens (tertiary/aromatic N) is 3. The minimum Gasteiger partial charge on any atom is -0.394 e. The Hall–Kier alpha value is -1.86. The van der Waals surface area contributed by atoms with Crippen molar-refractivity contribution in [3.05, 3.63) is 54.1 Å². The van der Waals surface area contributed by atoms with Crippen LogP contribution >= 0.6 is 11.8 Å². The Kier molecular flexibility index (Phi) is 4.14. The molecule has 0 saturated carbocycles. The van der Waals surface area contributed by atoms with Crippen molar-refractivity contribution in [1.82, 2.24) is 9.80 Å². The number of fused-ring (bicyclic) bond motifs is 2. The third-order valence-electron chi connectivity index (χ3n) is 4.41. The van der Waals surface area contributed by atoms with Crippen LogP contribution in [0.5, 0.6) is 0 Å². The average molecular weight is 390 g/mol. The van der Waals surface area contributed by atoms with Crippen LogP contribution in [0.1, 0.15) is 13.8 Å². The van der Waals surface area contributed by atoms with Crippen molar-refractivity contribution >= 4 is 23.3 Å². The lowest BCUT2D eigenvalue weighted by Gasteiger charge is -2.36. The number of piperazine rings is 1. The standard InChI is InChI=1S/C21H25N3O2S/c25-14-16-26-15-13-23-9-11-24(12-10-23)21-17-5-1-3-7-19(17)27-20-8-4-2-6-18(20)22-21/h1-8,25H,9-16H2/i13D2,15D2,16D2. The molecule has 142 valence electrons. The number of hydrogen-bond donors (Lipinski definition) is 1. The van der Waals surface area contributed by atoms with E-state index < -0.39 is 26.2 Å². The SMILES string of the molecule is [2H]C([2H])(CO)OC([2H])([2H])C([2H])([2H])N1CCN(C2=Nc3ccccc3Sc3ccccc32)CC1. The second-order valence-corrected chi connectivity index (χ2v) is 7.18. The predicted molar refractivity (Wildman–Crippen MR) is 109 cm³/mol. The first-order chi connectivity index (χ1) is 15.5. The lowest BCUT2D eigenvalue weighted by molar-refractivity contribution is 0.0652. The summed E-state index contributed by atoms with van der Waals surface area (Å²) < 4.78 is 52.4. The van der Waals surface area contributed by atoms with E-state index >= 15 is 0 Å². The molecule has 2 aromatic rings. The number of aliphatic hydroxyl groups excluding tert-OH is 1.